The second kappa shape index (κ2) is 4.91. The molecule has 4 heteroatoms. The third-order valence-corrected chi connectivity index (χ3v) is 5.39. The van der Waals surface area contributed by atoms with Gasteiger partial charge in [0.1, 0.15) is 3.67 Å². The largest absolute Gasteiger partial charge is 0.303 e. The van der Waals surface area contributed by atoms with Gasteiger partial charge < -0.3 is 4.90 Å². The van der Waals surface area contributed by atoms with Crippen LogP contribution in [0.4, 0.5) is 0 Å². The molecule has 1 unspecified atom stereocenters. The zero-order chi connectivity index (χ0) is 10.8. The van der Waals surface area contributed by atoms with Gasteiger partial charge in [0.25, 0.3) is 0 Å². The second-order valence-electron chi connectivity index (χ2n) is 4.06. The number of hydrogen-bond donors (Lipinski definition) is 0. The zero-order valence-electron chi connectivity index (χ0n) is 9.80. The van der Waals surface area contributed by atoms with Gasteiger partial charge in [0.15, 0.2) is 0 Å². The van der Waals surface area contributed by atoms with Crippen molar-refractivity contribution in [1.82, 2.24) is 14.7 Å². The zero-order valence-corrected chi connectivity index (χ0v) is 12.0. The van der Waals surface area contributed by atoms with Crippen LogP contribution in [0.1, 0.15) is 6.92 Å². The Morgan fingerprint density at radius 1 is 0.923 bits per heavy atom. The van der Waals surface area contributed by atoms with E-state index < -0.39 is 0 Å². The number of likely N-dealkylation sites (N-methyl/N-ethyl adjacent to an activating group) is 3. The van der Waals surface area contributed by atoms with Crippen LogP contribution in [0.2, 0.25) is 0 Å². The number of alkyl halides is 1. The van der Waals surface area contributed by atoms with E-state index in [0.29, 0.717) is 6.04 Å². The molecule has 0 aromatic rings. The van der Waals surface area contributed by atoms with Crippen LogP contribution in [0.15, 0.2) is 0 Å². The smallest absolute Gasteiger partial charge is 0.142 e. The molecule has 0 N–H and O–H groups in total. The summed E-state index contributed by atoms with van der Waals surface area (Å²) >= 11 is 2.51. The summed E-state index contributed by atoms with van der Waals surface area (Å²) in [6.45, 7) is 2.24. The summed E-state index contributed by atoms with van der Waals surface area (Å²) in [5.41, 5.74) is 0. The van der Waals surface area contributed by atoms with Gasteiger partial charge in [-0.1, -0.05) is 0 Å². The van der Waals surface area contributed by atoms with Gasteiger partial charge in [0.2, 0.25) is 0 Å². The van der Waals surface area contributed by atoms with Crippen LogP contribution in [0.5, 0.6) is 0 Å². The van der Waals surface area contributed by atoms with E-state index in [9.17, 15) is 0 Å². The molecule has 1 atom stereocenters. The molecule has 80 valence electrons. The third-order valence-electron chi connectivity index (χ3n) is 2.56. The van der Waals surface area contributed by atoms with E-state index in [0.717, 1.165) is 0 Å². The molecule has 0 aliphatic heterocycles. The summed E-state index contributed by atoms with van der Waals surface area (Å²) in [7, 11) is 12.7. The topological polar surface area (TPSA) is 9.72 Å². The Bertz CT molecular complexity index is 149. The van der Waals surface area contributed by atoms with Gasteiger partial charge in [-0.2, -0.15) is 0 Å². The molecule has 0 heterocycles. The molecule has 0 bridgehead atoms. The van der Waals surface area contributed by atoms with Crippen LogP contribution in [0, 0.1) is 0 Å². The molecule has 0 saturated carbocycles. The van der Waals surface area contributed by atoms with Gasteiger partial charge >= 0.3 is 0 Å². The number of halogens is 1. The molecule has 0 spiro atoms. The fourth-order valence-electron chi connectivity index (χ4n) is 1.48. The van der Waals surface area contributed by atoms with Gasteiger partial charge in [0.05, 0.1) is 0 Å². The van der Waals surface area contributed by atoms with Crippen LogP contribution >= 0.6 is 22.6 Å². The minimum absolute atomic E-state index is 0.0429. The summed E-state index contributed by atoms with van der Waals surface area (Å²) < 4.78 is 0.0429. The highest BCUT2D eigenvalue weighted by Gasteiger charge is 2.38. The molecular weight excluding hydrogens is 277 g/mol. The highest BCUT2D eigenvalue weighted by atomic mass is 127. The van der Waals surface area contributed by atoms with Gasteiger partial charge in [-0.05, 0) is 71.8 Å². The Balaban J connectivity index is 4.79. The van der Waals surface area contributed by atoms with Crippen molar-refractivity contribution < 1.29 is 0 Å². The monoisotopic (exact) mass is 299 g/mol. The minimum atomic E-state index is 0.0429. The van der Waals surface area contributed by atoms with Crippen molar-refractivity contribution in [2.45, 2.75) is 16.6 Å². The van der Waals surface area contributed by atoms with E-state index in [4.69, 9.17) is 0 Å². The first-order valence-corrected chi connectivity index (χ1v) is 5.52. The lowest BCUT2D eigenvalue weighted by molar-refractivity contribution is 0.0394. The molecule has 0 rings (SSSR count). The van der Waals surface area contributed by atoms with E-state index in [1.807, 2.05) is 0 Å². The Morgan fingerprint density at radius 3 is 1.31 bits per heavy atom. The minimum Gasteiger partial charge on any atom is -0.303 e. The maximum Gasteiger partial charge on any atom is 0.142 e. The quantitative estimate of drug-likeness (QED) is 0.334. The lowest BCUT2D eigenvalue weighted by Crippen LogP contribution is -2.60. The van der Waals surface area contributed by atoms with Gasteiger partial charge in [0, 0.05) is 6.04 Å². The Hall–Kier alpha value is 0.610. The fourth-order valence-corrected chi connectivity index (χ4v) is 2.03. The van der Waals surface area contributed by atoms with Gasteiger partial charge in [-0.25, -0.2) is 0 Å². The first-order chi connectivity index (χ1) is 5.74. The normalized spacial score (nSPS) is 15.9. The van der Waals surface area contributed by atoms with Crippen molar-refractivity contribution in [2.75, 3.05) is 42.3 Å². The molecule has 0 amide bonds. The molecule has 0 radical (unpaired) electrons. The highest BCUT2D eigenvalue weighted by Crippen LogP contribution is 2.30. The molecule has 0 fully saturated rings. The fraction of sp³-hybridized carbons (Fsp3) is 1.00. The maximum atomic E-state index is 2.51. The summed E-state index contributed by atoms with van der Waals surface area (Å²) in [6, 6.07) is 0.470. The molecular formula is C9H22IN3. The molecule has 0 saturated heterocycles. The SMILES string of the molecule is CC(N(C)C)C(I)(N(C)C)N(C)C. The standard InChI is InChI=1S/C9H22IN3/c1-8(11(2)3)9(10,12(4)5)13(6)7/h8H,1-7H3. The summed E-state index contributed by atoms with van der Waals surface area (Å²) in [6.07, 6.45) is 0. The van der Waals surface area contributed by atoms with Crippen molar-refractivity contribution in [3.05, 3.63) is 0 Å². The van der Waals surface area contributed by atoms with E-state index in [1.54, 1.807) is 0 Å². The van der Waals surface area contributed by atoms with Crippen molar-refractivity contribution in [1.29, 1.82) is 0 Å². The lowest BCUT2D eigenvalue weighted by atomic mass is 10.2. The molecule has 0 aromatic carbocycles. The van der Waals surface area contributed by atoms with Crippen LogP contribution in [-0.2, 0) is 0 Å². The Kier molecular flexibility index (Phi) is 5.14. The molecule has 0 aromatic heterocycles. The average molecular weight is 299 g/mol. The van der Waals surface area contributed by atoms with Crippen LogP contribution in [-0.4, -0.2) is 66.7 Å². The van der Waals surface area contributed by atoms with Gasteiger partial charge in [-0.15, -0.1) is 0 Å². The third kappa shape index (κ3) is 2.78. The predicted molar refractivity (Wildman–Crippen MR) is 67.3 cm³/mol. The number of rotatable bonds is 4. The van der Waals surface area contributed by atoms with Crippen molar-refractivity contribution in [3.63, 3.8) is 0 Å². The summed E-state index contributed by atoms with van der Waals surface area (Å²) in [5, 5.41) is 0. The average Bonchev–Trinajstić information content (AvgIpc) is 2.00. The predicted octanol–water partition coefficient (Wildman–Crippen LogP) is 1.15. The van der Waals surface area contributed by atoms with Crippen LogP contribution < -0.4 is 0 Å². The Morgan fingerprint density at radius 2 is 1.23 bits per heavy atom. The Labute approximate surface area is 96.2 Å². The maximum absolute atomic E-state index is 2.51. The van der Waals surface area contributed by atoms with E-state index in [2.05, 4.69) is 86.5 Å². The molecule has 3 nitrogen and oxygen atoms in total. The van der Waals surface area contributed by atoms with E-state index in [1.165, 1.54) is 0 Å². The number of hydrogen-bond acceptors (Lipinski definition) is 3. The lowest BCUT2D eigenvalue weighted by Gasteiger charge is -2.46. The molecule has 0 aliphatic rings. The number of nitrogens with zero attached hydrogens (tertiary/aromatic N) is 3. The van der Waals surface area contributed by atoms with Crippen LogP contribution in [0.25, 0.3) is 0 Å². The van der Waals surface area contributed by atoms with Crippen molar-refractivity contribution >= 4 is 22.6 Å². The van der Waals surface area contributed by atoms with Crippen molar-refractivity contribution in [3.8, 4) is 0 Å². The molecule has 13 heavy (non-hydrogen) atoms. The molecule has 0 aliphatic carbocycles. The second-order valence-corrected chi connectivity index (χ2v) is 5.65. The van der Waals surface area contributed by atoms with Crippen molar-refractivity contribution in [2.24, 2.45) is 0 Å². The van der Waals surface area contributed by atoms with E-state index >= 15 is 0 Å². The summed E-state index contributed by atoms with van der Waals surface area (Å²) in [5.74, 6) is 0. The first-order valence-electron chi connectivity index (χ1n) is 4.44. The summed E-state index contributed by atoms with van der Waals surface area (Å²) in [4.78, 5) is 6.74. The first kappa shape index (κ1) is 13.6. The van der Waals surface area contributed by atoms with Crippen LogP contribution in [0.3, 0.4) is 0 Å². The van der Waals surface area contributed by atoms with Gasteiger partial charge in [-0.3, -0.25) is 9.80 Å². The van der Waals surface area contributed by atoms with E-state index in [-0.39, 0.29) is 3.67 Å². The highest BCUT2D eigenvalue weighted by molar-refractivity contribution is 14.1.